The average molecular weight is 443 g/mol. The Bertz CT molecular complexity index is 1320. The van der Waals surface area contributed by atoms with Gasteiger partial charge in [-0.15, -0.1) is 0 Å². The molecule has 4 rings (SSSR count). The van der Waals surface area contributed by atoms with E-state index in [1.165, 1.54) is 7.11 Å². The van der Waals surface area contributed by atoms with Crippen LogP contribution in [0.2, 0.25) is 0 Å². The van der Waals surface area contributed by atoms with E-state index in [1.807, 2.05) is 54.0 Å². The molecule has 1 aromatic heterocycles. The number of hydrogen-bond acceptors (Lipinski definition) is 5. The first-order valence-electron chi connectivity index (χ1n) is 10.7. The van der Waals surface area contributed by atoms with Gasteiger partial charge in [0.05, 0.1) is 36.9 Å². The van der Waals surface area contributed by atoms with Gasteiger partial charge in [-0.3, -0.25) is 9.56 Å². The number of benzene rings is 3. The van der Waals surface area contributed by atoms with Crippen LogP contribution in [0.25, 0.3) is 22.2 Å². The predicted molar refractivity (Wildman–Crippen MR) is 130 cm³/mol. The third kappa shape index (κ3) is 4.30. The van der Waals surface area contributed by atoms with E-state index in [4.69, 9.17) is 15.2 Å². The number of ether oxygens (including phenoxy) is 2. The van der Waals surface area contributed by atoms with Crippen LogP contribution in [0.4, 0.5) is 0 Å². The number of imidazole rings is 1. The highest BCUT2D eigenvalue weighted by molar-refractivity contribution is 6.03. The first-order valence-corrected chi connectivity index (χ1v) is 10.7. The lowest BCUT2D eigenvalue weighted by atomic mass is 9.98. The maximum absolute atomic E-state index is 12.4. The van der Waals surface area contributed by atoms with Gasteiger partial charge in [0.2, 0.25) is 0 Å². The molecule has 0 spiro atoms. The van der Waals surface area contributed by atoms with Gasteiger partial charge < -0.3 is 15.2 Å². The van der Waals surface area contributed by atoms with Crippen LogP contribution in [0, 0.1) is 0 Å². The van der Waals surface area contributed by atoms with Gasteiger partial charge in [0.15, 0.2) is 0 Å². The van der Waals surface area contributed by atoms with Gasteiger partial charge in [-0.25, -0.2) is 4.79 Å². The van der Waals surface area contributed by atoms with E-state index in [0.29, 0.717) is 41.6 Å². The molecule has 7 nitrogen and oxygen atoms in total. The lowest BCUT2D eigenvalue weighted by molar-refractivity contribution is 0.0602. The van der Waals surface area contributed by atoms with Crippen molar-refractivity contribution in [2.75, 3.05) is 20.8 Å². The van der Waals surface area contributed by atoms with E-state index in [1.54, 1.807) is 19.2 Å². The van der Waals surface area contributed by atoms with Crippen molar-refractivity contribution >= 4 is 22.8 Å². The van der Waals surface area contributed by atoms with Crippen molar-refractivity contribution in [3.05, 3.63) is 83.4 Å². The lowest BCUT2D eigenvalue weighted by Crippen LogP contribution is -2.14. The summed E-state index contributed by atoms with van der Waals surface area (Å²) in [5, 5.41) is 0. The highest BCUT2D eigenvalue weighted by Gasteiger charge is 2.19. The molecule has 3 aromatic carbocycles. The molecular weight excluding hydrogens is 416 g/mol. The van der Waals surface area contributed by atoms with E-state index in [9.17, 15) is 4.79 Å². The molecule has 0 saturated carbocycles. The first-order chi connectivity index (χ1) is 16.1. The van der Waals surface area contributed by atoms with Crippen LogP contribution >= 0.6 is 0 Å². The van der Waals surface area contributed by atoms with Gasteiger partial charge in [-0.1, -0.05) is 54.6 Å². The minimum atomic E-state index is -0.410. The summed E-state index contributed by atoms with van der Waals surface area (Å²) in [6, 6.07) is 22.0. The summed E-state index contributed by atoms with van der Waals surface area (Å²) in [7, 11) is 3.06. The monoisotopic (exact) mass is 442 g/mol. The van der Waals surface area contributed by atoms with Crippen LogP contribution < -0.4 is 10.5 Å². The number of hydrogen-bond donors (Lipinski definition) is 1. The number of aromatic nitrogens is 2. The van der Waals surface area contributed by atoms with E-state index in [0.717, 1.165) is 22.3 Å². The molecule has 0 bridgehead atoms. The highest BCUT2D eigenvalue weighted by atomic mass is 16.5. The second-order valence-corrected chi connectivity index (χ2v) is 7.43. The fourth-order valence-corrected chi connectivity index (χ4v) is 3.88. The molecule has 33 heavy (non-hydrogen) atoms. The van der Waals surface area contributed by atoms with Crippen molar-refractivity contribution in [3.8, 4) is 17.1 Å². The summed E-state index contributed by atoms with van der Waals surface area (Å²) < 4.78 is 12.7. The van der Waals surface area contributed by atoms with Crippen molar-refractivity contribution in [2.45, 2.75) is 13.5 Å². The normalized spacial score (nSPS) is 11.5. The third-order valence-electron chi connectivity index (χ3n) is 5.46. The molecule has 0 unspecified atom stereocenters. The standard InChI is InChI=1S/C26H26N4O3/c1-4-33-26-29-22-11-7-10-21(25(31)32-3)23(22)30(26)16-17-12-14-18(15-13-17)19-8-5-6-9-20(19)24(27)28-2/h5-15H,4,16H2,1-3H3,(H2,27,28). The third-order valence-corrected chi connectivity index (χ3v) is 5.46. The van der Waals surface area contributed by atoms with Crippen molar-refractivity contribution in [1.29, 1.82) is 0 Å². The molecule has 168 valence electrons. The van der Waals surface area contributed by atoms with Crippen molar-refractivity contribution in [2.24, 2.45) is 10.7 Å². The maximum Gasteiger partial charge on any atom is 0.340 e. The fourth-order valence-electron chi connectivity index (χ4n) is 3.88. The summed E-state index contributed by atoms with van der Waals surface area (Å²) in [5.41, 5.74) is 11.9. The number of para-hydroxylation sites is 1. The summed E-state index contributed by atoms with van der Waals surface area (Å²) >= 11 is 0. The second-order valence-electron chi connectivity index (χ2n) is 7.43. The van der Waals surface area contributed by atoms with Gasteiger partial charge in [-0.05, 0) is 35.7 Å². The zero-order chi connectivity index (χ0) is 23.4. The summed E-state index contributed by atoms with van der Waals surface area (Å²) in [4.78, 5) is 21.1. The molecule has 7 heteroatoms. The highest BCUT2D eigenvalue weighted by Crippen LogP contribution is 2.28. The van der Waals surface area contributed by atoms with Gasteiger partial charge >= 0.3 is 5.97 Å². The number of nitrogens with two attached hydrogens (primary N) is 1. The van der Waals surface area contributed by atoms with Crippen LogP contribution in [0.1, 0.15) is 28.4 Å². The van der Waals surface area contributed by atoms with Crippen LogP contribution in [-0.2, 0) is 11.3 Å². The number of fused-ring (bicyclic) bond motifs is 1. The zero-order valence-electron chi connectivity index (χ0n) is 18.9. The minimum Gasteiger partial charge on any atom is -0.465 e. The summed E-state index contributed by atoms with van der Waals surface area (Å²) in [6.07, 6.45) is 0. The quantitative estimate of drug-likeness (QED) is 0.262. The van der Waals surface area contributed by atoms with Crippen molar-refractivity contribution in [1.82, 2.24) is 9.55 Å². The number of amidine groups is 1. The molecule has 0 amide bonds. The Hall–Kier alpha value is -4.13. The average Bonchev–Trinajstić information content (AvgIpc) is 3.20. The molecule has 0 aliphatic heterocycles. The Morgan fingerprint density at radius 2 is 1.76 bits per heavy atom. The minimum absolute atomic E-state index is 0.410. The van der Waals surface area contributed by atoms with Crippen molar-refractivity contribution < 1.29 is 14.3 Å². The number of nitrogens with zero attached hydrogens (tertiary/aromatic N) is 3. The molecule has 0 saturated heterocycles. The summed E-state index contributed by atoms with van der Waals surface area (Å²) in [5.74, 6) is 0.0863. The van der Waals surface area contributed by atoms with Gasteiger partial charge in [0.1, 0.15) is 5.84 Å². The molecule has 0 atom stereocenters. The Morgan fingerprint density at radius 1 is 1.03 bits per heavy atom. The van der Waals surface area contributed by atoms with E-state index in [2.05, 4.69) is 22.1 Å². The number of esters is 1. The number of methoxy groups -OCH3 is 1. The zero-order valence-corrected chi connectivity index (χ0v) is 18.9. The Balaban J connectivity index is 1.74. The van der Waals surface area contributed by atoms with E-state index < -0.39 is 5.97 Å². The molecule has 0 aliphatic carbocycles. The van der Waals surface area contributed by atoms with Crippen LogP contribution in [0.15, 0.2) is 71.7 Å². The molecule has 0 aliphatic rings. The maximum atomic E-state index is 12.4. The second kappa shape index (κ2) is 9.56. The van der Waals surface area contributed by atoms with Crippen LogP contribution in [0.3, 0.4) is 0 Å². The Kier molecular flexibility index (Phi) is 6.40. The van der Waals surface area contributed by atoms with Crippen LogP contribution in [-0.4, -0.2) is 42.1 Å². The predicted octanol–water partition coefficient (Wildman–Crippen LogP) is 4.27. The van der Waals surface area contributed by atoms with E-state index >= 15 is 0 Å². The van der Waals surface area contributed by atoms with Gasteiger partial charge in [0.25, 0.3) is 6.01 Å². The van der Waals surface area contributed by atoms with Gasteiger partial charge in [0, 0.05) is 12.6 Å². The number of rotatable bonds is 7. The smallest absolute Gasteiger partial charge is 0.340 e. The Morgan fingerprint density at radius 3 is 2.45 bits per heavy atom. The topological polar surface area (TPSA) is 91.7 Å². The molecule has 0 fully saturated rings. The number of carbonyl (C=O) groups excluding carboxylic acids is 1. The lowest BCUT2D eigenvalue weighted by Gasteiger charge is -2.13. The molecule has 1 heterocycles. The number of aliphatic imine (C=N–C) groups is 1. The van der Waals surface area contributed by atoms with Crippen LogP contribution in [0.5, 0.6) is 6.01 Å². The fraction of sp³-hybridized carbons (Fsp3) is 0.192. The first kappa shape index (κ1) is 22.1. The molecule has 0 radical (unpaired) electrons. The Labute approximate surface area is 192 Å². The molecular formula is C26H26N4O3. The van der Waals surface area contributed by atoms with Gasteiger partial charge in [-0.2, -0.15) is 4.98 Å². The van der Waals surface area contributed by atoms with Crippen molar-refractivity contribution in [3.63, 3.8) is 0 Å². The molecule has 2 N–H and O–H groups in total. The summed E-state index contributed by atoms with van der Waals surface area (Å²) in [6.45, 7) is 2.86. The number of carbonyl (C=O) groups is 1. The molecule has 4 aromatic rings. The van der Waals surface area contributed by atoms with E-state index in [-0.39, 0.29) is 0 Å². The largest absolute Gasteiger partial charge is 0.465 e. The SMILES string of the molecule is CCOc1nc2cccc(C(=O)OC)c2n1Cc1ccc(-c2ccccc2/C(N)=N/C)cc1.